The molecular weight excluding hydrogens is 178 g/mol. The molecule has 1 aliphatic rings. The molecule has 0 saturated carbocycles. The Balaban J connectivity index is 2.54. The summed E-state index contributed by atoms with van der Waals surface area (Å²) in [5.74, 6) is -0.264. The highest BCUT2D eigenvalue weighted by Gasteiger charge is 2.19. The lowest BCUT2D eigenvalue weighted by Crippen LogP contribution is -2.05. The Hall–Kier alpha value is -1.51. The molecule has 0 bridgehead atoms. The minimum Gasteiger partial charge on any atom is -0.465 e. The summed E-state index contributed by atoms with van der Waals surface area (Å²) in [6.45, 7) is 2.90. The van der Waals surface area contributed by atoms with Crippen molar-refractivity contribution in [2.75, 3.05) is 19.0 Å². The minimum atomic E-state index is -0.264. The number of methoxy groups -OCH3 is 1. The number of fused-ring (bicyclic) bond motifs is 1. The molecule has 2 rings (SSSR count). The lowest BCUT2D eigenvalue weighted by Gasteiger charge is -2.08. The van der Waals surface area contributed by atoms with Crippen molar-refractivity contribution < 1.29 is 9.53 Å². The van der Waals surface area contributed by atoms with E-state index in [4.69, 9.17) is 4.74 Å². The Morgan fingerprint density at radius 2 is 2.29 bits per heavy atom. The minimum absolute atomic E-state index is 0.264. The molecule has 0 saturated heterocycles. The third kappa shape index (κ3) is 1.35. The lowest BCUT2D eigenvalue weighted by atomic mass is 10.0. The maximum absolute atomic E-state index is 11.5. The molecule has 1 N–H and O–H groups in total. The van der Waals surface area contributed by atoms with Crippen molar-refractivity contribution in [1.29, 1.82) is 0 Å². The summed E-state index contributed by atoms with van der Waals surface area (Å²) in [5, 5.41) is 3.21. The van der Waals surface area contributed by atoms with Crippen LogP contribution < -0.4 is 5.32 Å². The van der Waals surface area contributed by atoms with E-state index in [9.17, 15) is 4.79 Å². The SMILES string of the molecule is COC(=O)c1cc(C)cc2c1NCC2. The van der Waals surface area contributed by atoms with Crippen molar-refractivity contribution in [2.24, 2.45) is 0 Å². The highest BCUT2D eigenvalue weighted by molar-refractivity contribution is 5.97. The fourth-order valence-electron chi connectivity index (χ4n) is 1.86. The smallest absolute Gasteiger partial charge is 0.339 e. The highest BCUT2D eigenvalue weighted by atomic mass is 16.5. The molecule has 3 nitrogen and oxygen atoms in total. The number of ether oxygens (including phenoxy) is 1. The second-order valence-electron chi connectivity index (χ2n) is 3.51. The maximum Gasteiger partial charge on any atom is 0.339 e. The van der Waals surface area contributed by atoms with Crippen LogP contribution in [0.3, 0.4) is 0 Å². The zero-order chi connectivity index (χ0) is 10.1. The topological polar surface area (TPSA) is 38.3 Å². The number of carbonyl (C=O) groups excluding carboxylic acids is 1. The van der Waals surface area contributed by atoms with Gasteiger partial charge in [-0.2, -0.15) is 0 Å². The first-order valence-corrected chi connectivity index (χ1v) is 4.68. The quantitative estimate of drug-likeness (QED) is 0.687. The third-order valence-corrected chi connectivity index (χ3v) is 2.47. The number of nitrogens with one attached hydrogen (secondary N) is 1. The number of anilines is 1. The predicted molar refractivity (Wildman–Crippen MR) is 54.7 cm³/mol. The Kier molecular flexibility index (Phi) is 2.15. The van der Waals surface area contributed by atoms with Crippen LogP contribution in [0.5, 0.6) is 0 Å². The third-order valence-electron chi connectivity index (χ3n) is 2.47. The monoisotopic (exact) mass is 191 g/mol. The molecule has 0 aliphatic carbocycles. The van der Waals surface area contributed by atoms with Crippen LogP contribution in [0.1, 0.15) is 21.5 Å². The van der Waals surface area contributed by atoms with Crippen molar-refractivity contribution in [3.8, 4) is 0 Å². The summed E-state index contributed by atoms with van der Waals surface area (Å²) in [5.41, 5.74) is 3.92. The summed E-state index contributed by atoms with van der Waals surface area (Å²) < 4.78 is 4.74. The molecule has 0 spiro atoms. The van der Waals surface area contributed by atoms with Gasteiger partial charge >= 0.3 is 5.97 Å². The summed E-state index contributed by atoms with van der Waals surface area (Å²) in [6, 6.07) is 3.98. The van der Waals surface area contributed by atoms with E-state index < -0.39 is 0 Å². The van der Waals surface area contributed by atoms with Gasteiger partial charge in [0.05, 0.1) is 18.4 Å². The average Bonchev–Trinajstić information content (AvgIpc) is 2.62. The van der Waals surface area contributed by atoms with Crippen LogP contribution in [-0.2, 0) is 11.2 Å². The molecule has 0 radical (unpaired) electrons. The molecule has 0 atom stereocenters. The molecule has 1 heterocycles. The number of aryl methyl sites for hydroxylation is 1. The van der Waals surface area contributed by atoms with Gasteiger partial charge in [-0.3, -0.25) is 0 Å². The second-order valence-corrected chi connectivity index (χ2v) is 3.51. The van der Waals surface area contributed by atoms with E-state index in [1.165, 1.54) is 12.7 Å². The van der Waals surface area contributed by atoms with Gasteiger partial charge in [0.1, 0.15) is 0 Å². The molecule has 0 fully saturated rings. The van der Waals surface area contributed by atoms with Crippen LogP contribution in [0, 0.1) is 6.92 Å². The summed E-state index contributed by atoms with van der Waals surface area (Å²) in [4.78, 5) is 11.5. The van der Waals surface area contributed by atoms with Crippen molar-refractivity contribution in [1.82, 2.24) is 0 Å². The molecule has 0 aromatic heterocycles. The molecule has 14 heavy (non-hydrogen) atoms. The molecule has 1 aliphatic heterocycles. The van der Waals surface area contributed by atoms with Gasteiger partial charge in [0, 0.05) is 6.54 Å². The zero-order valence-electron chi connectivity index (χ0n) is 8.39. The van der Waals surface area contributed by atoms with Crippen LogP contribution >= 0.6 is 0 Å². The first kappa shape index (κ1) is 9.06. The van der Waals surface area contributed by atoms with Crippen molar-refractivity contribution in [2.45, 2.75) is 13.3 Å². The van der Waals surface area contributed by atoms with Gasteiger partial charge < -0.3 is 10.1 Å². The molecule has 1 aromatic rings. The molecule has 0 unspecified atom stereocenters. The molecule has 0 amide bonds. The van der Waals surface area contributed by atoms with Gasteiger partial charge in [0.15, 0.2) is 0 Å². The lowest BCUT2D eigenvalue weighted by molar-refractivity contribution is 0.0601. The van der Waals surface area contributed by atoms with E-state index >= 15 is 0 Å². The van der Waals surface area contributed by atoms with Gasteiger partial charge in [-0.15, -0.1) is 0 Å². The number of esters is 1. The van der Waals surface area contributed by atoms with Gasteiger partial charge in [-0.1, -0.05) is 6.07 Å². The zero-order valence-corrected chi connectivity index (χ0v) is 8.39. The van der Waals surface area contributed by atoms with Crippen molar-refractivity contribution >= 4 is 11.7 Å². The Labute approximate surface area is 83.1 Å². The summed E-state index contributed by atoms with van der Waals surface area (Å²) in [6.07, 6.45) is 0.987. The van der Waals surface area contributed by atoms with Crippen LogP contribution in [0.15, 0.2) is 12.1 Å². The van der Waals surface area contributed by atoms with E-state index in [2.05, 4.69) is 11.4 Å². The summed E-state index contributed by atoms with van der Waals surface area (Å²) >= 11 is 0. The van der Waals surface area contributed by atoms with E-state index in [1.807, 2.05) is 13.0 Å². The standard InChI is InChI=1S/C11H13NO2/c1-7-5-8-3-4-12-10(8)9(6-7)11(13)14-2/h5-6,12H,3-4H2,1-2H3. The van der Waals surface area contributed by atoms with E-state index in [0.29, 0.717) is 5.56 Å². The maximum atomic E-state index is 11.5. The van der Waals surface area contributed by atoms with Crippen molar-refractivity contribution in [3.05, 3.63) is 28.8 Å². The van der Waals surface area contributed by atoms with Gasteiger partial charge in [0.25, 0.3) is 0 Å². The normalized spacial score (nSPS) is 13.3. The Morgan fingerprint density at radius 1 is 1.50 bits per heavy atom. The number of hydrogen-bond donors (Lipinski definition) is 1. The molecule has 74 valence electrons. The highest BCUT2D eigenvalue weighted by Crippen LogP contribution is 2.28. The number of carbonyl (C=O) groups is 1. The molecular formula is C11H13NO2. The fourth-order valence-corrected chi connectivity index (χ4v) is 1.86. The Bertz CT molecular complexity index is 385. The number of hydrogen-bond acceptors (Lipinski definition) is 3. The van der Waals surface area contributed by atoms with Crippen LogP contribution in [0.4, 0.5) is 5.69 Å². The van der Waals surface area contributed by atoms with Gasteiger partial charge in [-0.05, 0) is 30.5 Å². The van der Waals surface area contributed by atoms with Gasteiger partial charge in [0.2, 0.25) is 0 Å². The van der Waals surface area contributed by atoms with Gasteiger partial charge in [-0.25, -0.2) is 4.79 Å². The van der Waals surface area contributed by atoms with E-state index in [1.54, 1.807) is 0 Å². The van der Waals surface area contributed by atoms with Crippen molar-refractivity contribution in [3.63, 3.8) is 0 Å². The fraction of sp³-hybridized carbons (Fsp3) is 0.364. The summed E-state index contributed by atoms with van der Waals surface area (Å²) in [7, 11) is 1.41. The van der Waals surface area contributed by atoms with Crippen LogP contribution in [-0.4, -0.2) is 19.6 Å². The van der Waals surface area contributed by atoms with Crippen LogP contribution in [0.2, 0.25) is 0 Å². The number of benzene rings is 1. The van der Waals surface area contributed by atoms with E-state index in [0.717, 1.165) is 24.2 Å². The predicted octanol–water partition coefficient (Wildman–Crippen LogP) is 1.75. The average molecular weight is 191 g/mol. The largest absolute Gasteiger partial charge is 0.465 e. The molecule has 3 heteroatoms. The first-order chi connectivity index (χ1) is 6.72. The first-order valence-electron chi connectivity index (χ1n) is 4.68. The molecule has 1 aromatic carbocycles. The van der Waals surface area contributed by atoms with E-state index in [-0.39, 0.29) is 5.97 Å². The second kappa shape index (κ2) is 3.33. The van der Waals surface area contributed by atoms with Crippen LogP contribution in [0.25, 0.3) is 0 Å². The number of rotatable bonds is 1. The Morgan fingerprint density at radius 3 is 3.00 bits per heavy atom.